The first-order valence-electron chi connectivity index (χ1n) is 8.24. The fourth-order valence-electron chi connectivity index (χ4n) is 3.96. The van der Waals surface area contributed by atoms with E-state index in [1.54, 1.807) is 11.1 Å². The lowest BCUT2D eigenvalue weighted by Crippen LogP contribution is -2.29. The normalized spacial score (nSPS) is 26.0. The molecule has 2 aliphatic rings. The summed E-state index contributed by atoms with van der Waals surface area (Å²) in [7, 11) is 0. The minimum absolute atomic E-state index is 0.758. The van der Waals surface area contributed by atoms with Crippen LogP contribution in [-0.4, -0.2) is 13.1 Å². The predicted octanol–water partition coefficient (Wildman–Crippen LogP) is 4.59. The second-order valence-electron chi connectivity index (χ2n) is 6.36. The maximum Gasteiger partial charge on any atom is 0.00202 e. The Hall–Kier alpha value is -0.820. The minimum atomic E-state index is 0.758. The van der Waals surface area contributed by atoms with Crippen LogP contribution in [0, 0.1) is 0 Å². The molecule has 0 aromatic heterocycles. The largest absolute Gasteiger partial charge is 0.316 e. The Morgan fingerprint density at radius 1 is 0.737 bits per heavy atom. The van der Waals surface area contributed by atoms with Gasteiger partial charge in [-0.2, -0.15) is 0 Å². The molecule has 1 nitrogen and oxygen atoms in total. The molecule has 0 radical (unpaired) electrons. The first kappa shape index (κ1) is 13.2. The maximum atomic E-state index is 3.58. The third kappa shape index (κ3) is 3.20. The molecule has 1 aromatic rings. The summed E-state index contributed by atoms with van der Waals surface area (Å²) in [5.41, 5.74) is 3.33. The molecule has 0 bridgehead atoms. The topological polar surface area (TPSA) is 12.0 Å². The van der Waals surface area contributed by atoms with E-state index in [1.165, 1.54) is 64.5 Å². The summed E-state index contributed by atoms with van der Waals surface area (Å²) < 4.78 is 0. The minimum Gasteiger partial charge on any atom is -0.316 e. The molecule has 1 atom stereocenters. The summed E-state index contributed by atoms with van der Waals surface area (Å²) in [6, 6.07) is 9.31. The summed E-state index contributed by atoms with van der Waals surface area (Å²) in [4.78, 5) is 0. The van der Waals surface area contributed by atoms with Crippen LogP contribution in [0.4, 0.5) is 0 Å². The van der Waals surface area contributed by atoms with Gasteiger partial charge in [-0.25, -0.2) is 0 Å². The van der Waals surface area contributed by atoms with Crippen molar-refractivity contribution in [3.63, 3.8) is 0 Å². The Labute approximate surface area is 117 Å². The Bertz CT molecular complexity index is 384. The number of nitrogens with one attached hydrogen (secondary N) is 1. The van der Waals surface area contributed by atoms with Crippen LogP contribution in [0.5, 0.6) is 0 Å². The zero-order valence-corrected chi connectivity index (χ0v) is 12.0. The summed E-state index contributed by atoms with van der Waals surface area (Å²) >= 11 is 0. The van der Waals surface area contributed by atoms with Crippen LogP contribution in [0.1, 0.15) is 74.3 Å². The molecular weight excluding hydrogens is 230 g/mol. The van der Waals surface area contributed by atoms with Crippen LogP contribution < -0.4 is 5.32 Å². The molecule has 1 aliphatic carbocycles. The van der Waals surface area contributed by atoms with Crippen LogP contribution in [0.2, 0.25) is 0 Å². The molecule has 3 rings (SSSR count). The van der Waals surface area contributed by atoms with E-state index in [4.69, 9.17) is 0 Å². The van der Waals surface area contributed by atoms with Gasteiger partial charge in [-0.3, -0.25) is 0 Å². The molecule has 2 fully saturated rings. The van der Waals surface area contributed by atoms with E-state index in [1.807, 2.05) is 0 Å². The van der Waals surface area contributed by atoms with Crippen LogP contribution in [-0.2, 0) is 0 Å². The van der Waals surface area contributed by atoms with Gasteiger partial charge in [-0.1, -0.05) is 49.9 Å². The maximum absolute atomic E-state index is 3.58. The highest BCUT2D eigenvalue weighted by Gasteiger charge is 2.22. The van der Waals surface area contributed by atoms with Crippen molar-refractivity contribution in [1.82, 2.24) is 5.32 Å². The van der Waals surface area contributed by atoms with Gasteiger partial charge in [0.25, 0.3) is 0 Å². The number of hydrogen-bond acceptors (Lipinski definition) is 1. The van der Waals surface area contributed by atoms with Crippen molar-refractivity contribution in [3.8, 4) is 0 Å². The molecule has 0 amide bonds. The Morgan fingerprint density at radius 3 is 2.00 bits per heavy atom. The Kier molecular flexibility index (Phi) is 4.55. The Balaban J connectivity index is 1.83. The van der Waals surface area contributed by atoms with E-state index in [0.29, 0.717) is 0 Å². The van der Waals surface area contributed by atoms with E-state index >= 15 is 0 Å². The first-order chi connectivity index (χ1) is 9.45. The van der Waals surface area contributed by atoms with Gasteiger partial charge in [0.2, 0.25) is 0 Å². The van der Waals surface area contributed by atoms with Crippen molar-refractivity contribution < 1.29 is 0 Å². The van der Waals surface area contributed by atoms with Gasteiger partial charge < -0.3 is 5.32 Å². The van der Waals surface area contributed by atoms with Crippen LogP contribution in [0.15, 0.2) is 24.3 Å². The average Bonchev–Trinajstić information content (AvgIpc) is 2.77. The van der Waals surface area contributed by atoms with Crippen LogP contribution in [0.25, 0.3) is 0 Å². The highest BCUT2D eigenvalue weighted by atomic mass is 14.9. The monoisotopic (exact) mass is 257 g/mol. The summed E-state index contributed by atoms with van der Waals surface area (Å²) in [6.45, 7) is 2.39. The molecule has 1 heteroatoms. The fourth-order valence-corrected chi connectivity index (χ4v) is 3.96. The average molecular weight is 257 g/mol. The Morgan fingerprint density at radius 2 is 1.37 bits per heavy atom. The summed E-state index contributed by atoms with van der Waals surface area (Å²) in [5.74, 6) is 1.59. The van der Waals surface area contributed by atoms with E-state index in [0.717, 1.165) is 11.8 Å². The van der Waals surface area contributed by atoms with Crippen molar-refractivity contribution in [3.05, 3.63) is 35.4 Å². The van der Waals surface area contributed by atoms with Gasteiger partial charge in [0.1, 0.15) is 0 Å². The molecule has 104 valence electrons. The molecule has 1 saturated heterocycles. The van der Waals surface area contributed by atoms with Crippen LogP contribution in [0.3, 0.4) is 0 Å². The lowest BCUT2D eigenvalue weighted by Gasteiger charge is -2.28. The van der Waals surface area contributed by atoms with Crippen molar-refractivity contribution in [2.24, 2.45) is 0 Å². The number of benzene rings is 1. The first-order valence-corrected chi connectivity index (χ1v) is 8.24. The molecule has 1 aromatic carbocycles. The van der Waals surface area contributed by atoms with E-state index in [9.17, 15) is 0 Å². The van der Waals surface area contributed by atoms with Gasteiger partial charge in [0.15, 0.2) is 0 Å². The van der Waals surface area contributed by atoms with Crippen molar-refractivity contribution in [1.29, 1.82) is 0 Å². The molecule has 19 heavy (non-hydrogen) atoms. The summed E-state index contributed by atoms with van der Waals surface area (Å²) in [6.07, 6.45) is 11.3. The van der Waals surface area contributed by atoms with Crippen LogP contribution >= 0.6 is 0 Å². The van der Waals surface area contributed by atoms with Gasteiger partial charge in [0.05, 0.1) is 0 Å². The number of rotatable bonds is 2. The van der Waals surface area contributed by atoms with Gasteiger partial charge in [-0.05, 0) is 55.2 Å². The fraction of sp³-hybridized carbons (Fsp3) is 0.667. The molecule has 1 heterocycles. The number of piperidine rings is 1. The second kappa shape index (κ2) is 6.56. The van der Waals surface area contributed by atoms with E-state index in [2.05, 4.69) is 29.6 Å². The predicted molar refractivity (Wildman–Crippen MR) is 81.7 cm³/mol. The highest BCUT2D eigenvalue weighted by Crippen LogP contribution is 2.37. The second-order valence-corrected chi connectivity index (χ2v) is 6.36. The molecule has 0 spiro atoms. The van der Waals surface area contributed by atoms with Gasteiger partial charge in [-0.15, -0.1) is 0 Å². The molecule has 1 aliphatic heterocycles. The van der Waals surface area contributed by atoms with E-state index < -0.39 is 0 Å². The highest BCUT2D eigenvalue weighted by molar-refractivity contribution is 5.34. The molecular formula is C18H27N. The summed E-state index contributed by atoms with van der Waals surface area (Å²) in [5, 5.41) is 3.58. The lowest BCUT2D eigenvalue weighted by atomic mass is 9.81. The third-order valence-corrected chi connectivity index (χ3v) is 5.03. The quantitative estimate of drug-likeness (QED) is 0.764. The molecule has 1 N–H and O–H groups in total. The van der Waals surface area contributed by atoms with Gasteiger partial charge in [0, 0.05) is 6.54 Å². The molecule has 1 saturated carbocycles. The zero-order valence-electron chi connectivity index (χ0n) is 12.0. The number of hydrogen-bond donors (Lipinski definition) is 1. The third-order valence-electron chi connectivity index (χ3n) is 5.03. The zero-order chi connectivity index (χ0) is 12.9. The van der Waals surface area contributed by atoms with Gasteiger partial charge >= 0.3 is 0 Å². The van der Waals surface area contributed by atoms with Crippen molar-refractivity contribution in [2.75, 3.05) is 13.1 Å². The van der Waals surface area contributed by atoms with E-state index in [-0.39, 0.29) is 0 Å². The van der Waals surface area contributed by atoms with Crippen molar-refractivity contribution >= 4 is 0 Å². The standard InChI is InChI=1S/C18H27N/c1-2-4-9-15(8-3-1)17-11-5-6-12-18(17)16-10-7-13-19-14-16/h5-6,11-12,15-16,19H,1-4,7-10,13-14H2. The van der Waals surface area contributed by atoms with Crippen molar-refractivity contribution in [2.45, 2.75) is 63.2 Å². The smallest absolute Gasteiger partial charge is 0.00202 e. The molecule has 1 unspecified atom stereocenters. The lowest BCUT2D eigenvalue weighted by molar-refractivity contribution is 0.455. The SMILES string of the molecule is c1ccc(C2CCCNC2)c(C2CCCCCC2)c1.